The fourth-order valence-electron chi connectivity index (χ4n) is 1.55. The quantitative estimate of drug-likeness (QED) is 0.621. The van der Waals surface area contributed by atoms with Gasteiger partial charge in [0.15, 0.2) is 0 Å². The third-order valence-electron chi connectivity index (χ3n) is 2.22. The van der Waals surface area contributed by atoms with Crippen molar-refractivity contribution in [3.63, 3.8) is 0 Å². The van der Waals surface area contributed by atoms with Crippen molar-refractivity contribution in [1.82, 2.24) is 15.2 Å². The minimum absolute atomic E-state index is 0.467. The molecule has 0 bridgehead atoms. The van der Waals surface area contributed by atoms with Crippen LogP contribution < -0.4 is 5.76 Å². The topological polar surface area (TPSA) is 74.7 Å². The first kappa shape index (κ1) is 8.05. The standard InChI is InChI=1S/C10H6N3O2/c14-10-12-9(5-15-10)6-2-1-3-8-7(6)4-11-13-8/h1-3,5H,(H,11,13)(H,12,14). The van der Waals surface area contributed by atoms with Crippen LogP contribution in [0.2, 0.25) is 0 Å². The summed E-state index contributed by atoms with van der Waals surface area (Å²) in [5.74, 6) is -0.467. The van der Waals surface area contributed by atoms with Crippen LogP contribution in [-0.2, 0) is 0 Å². The van der Waals surface area contributed by atoms with E-state index < -0.39 is 5.76 Å². The lowest BCUT2D eigenvalue weighted by molar-refractivity contribution is 0.515. The van der Waals surface area contributed by atoms with Crippen molar-refractivity contribution in [2.45, 2.75) is 0 Å². The number of H-pyrrole nitrogens is 2. The van der Waals surface area contributed by atoms with Gasteiger partial charge >= 0.3 is 5.76 Å². The second-order valence-electron chi connectivity index (χ2n) is 3.13. The Balaban J connectivity index is 2.35. The van der Waals surface area contributed by atoms with E-state index >= 15 is 0 Å². The summed E-state index contributed by atoms with van der Waals surface area (Å²) in [4.78, 5) is 13.5. The fourth-order valence-corrected chi connectivity index (χ4v) is 1.55. The summed E-state index contributed by atoms with van der Waals surface area (Å²) in [6, 6.07) is 5.63. The van der Waals surface area contributed by atoms with E-state index in [0.29, 0.717) is 5.69 Å². The van der Waals surface area contributed by atoms with Gasteiger partial charge in [0.05, 0.1) is 11.2 Å². The van der Waals surface area contributed by atoms with Gasteiger partial charge in [0.1, 0.15) is 12.5 Å². The van der Waals surface area contributed by atoms with Crippen LogP contribution in [-0.4, -0.2) is 15.2 Å². The fraction of sp³-hybridized carbons (Fsp3) is 0. The Labute approximate surface area is 83.7 Å². The highest BCUT2D eigenvalue weighted by atomic mass is 16.4. The molecule has 1 radical (unpaired) electrons. The van der Waals surface area contributed by atoms with Gasteiger partial charge in [-0.3, -0.25) is 10.1 Å². The number of oxazole rings is 1. The van der Waals surface area contributed by atoms with Crippen LogP contribution in [0.15, 0.2) is 33.7 Å². The molecule has 0 unspecified atom stereocenters. The molecule has 0 fully saturated rings. The van der Waals surface area contributed by atoms with E-state index in [9.17, 15) is 4.79 Å². The van der Waals surface area contributed by atoms with Crippen molar-refractivity contribution in [2.75, 3.05) is 0 Å². The summed E-state index contributed by atoms with van der Waals surface area (Å²) in [7, 11) is 0. The molecule has 2 aromatic heterocycles. The molecule has 1 aromatic carbocycles. The van der Waals surface area contributed by atoms with E-state index in [4.69, 9.17) is 0 Å². The monoisotopic (exact) mass is 200 g/mol. The lowest BCUT2D eigenvalue weighted by atomic mass is 10.1. The van der Waals surface area contributed by atoms with E-state index in [2.05, 4.69) is 25.8 Å². The molecule has 2 heterocycles. The number of rotatable bonds is 1. The average molecular weight is 200 g/mol. The van der Waals surface area contributed by atoms with Gasteiger partial charge < -0.3 is 4.42 Å². The Morgan fingerprint density at radius 2 is 2.33 bits per heavy atom. The number of aromatic amines is 2. The molecule has 0 saturated carbocycles. The number of aromatic nitrogens is 3. The predicted molar refractivity (Wildman–Crippen MR) is 53.3 cm³/mol. The van der Waals surface area contributed by atoms with Gasteiger partial charge in [-0.05, 0) is 6.07 Å². The Kier molecular flexibility index (Phi) is 1.53. The molecule has 73 valence electrons. The summed E-state index contributed by atoms with van der Waals surface area (Å²) < 4.78 is 4.69. The molecule has 0 aliphatic heterocycles. The number of hydrogen-bond acceptors (Lipinski definition) is 3. The van der Waals surface area contributed by atoms with Crippen LogP contribution in [0.4, 0.5) is 0 Å². The summed E-state index contributed by atoms with van der Waals surface area (Å²) in [6.07, 6.45) is 4.21. The summed E-state index contributed by atoms with van der Waals surface area (Å²) in [5, 5.41) is 7.46. The van der Waals surface area contributed by atoms with E-state index in [0.717, 1.165) is 16.5 Å². The first-order valence-corrected chi connectivity index (χ1v) is 4.37. The molecule has 15 heavy (non-hydrogen) atoms. The minimum atomic E-state index is -0.467. The predicted octanol–water partition coefficient (Wildman–Crippen LogP) is 1.31. The van der Waals surface area contributed by atoms with Gasteiger partial charge in [0, 0.05) is 10.9 Å². The van der Waals surface area contributed by atoms with Gasteiger partial charge in [0.2, 0.25) is 0 Å². The zero-order valence-corrected chi connectivity index (χ0v) is 7.57. The Hall–Kier alpha value is -2.30. The number of hydrogen-bond donors (Lipinski definition) is 2. The summed E-state index contributed by atoms with van der Waals surface area (Å²) in [6.45, 7) is 0. The highest BCUT2D eigenvalue weighted by molar-refractivity contribution is 5.92. The molecule has 0 saturated heterocycles. The van der Waals surface area contributed by atoms with Crippen molar-refractivity contribution >= 4 is 10.9 Å². The van der Waals surface area contributed by atoms with Crippen LogP contribution in [0.25, 0.3) is 22.2 Å². The van der Waals surface area contributed by atoms with E-state index in [1.807, 2.05) is 18.2 Å². The summed E-state index contributed by atoms with van der Waals surface area (Å²) in [5.41, 5.74) is 2.34. The molecule has 5 nitrogen and oxygen atoms in total. The third-order valence-corrected chi connectivity index (χ3v) is 2.22. The molecule has 2 N–H and O–H groups in total. The summed E-state index contributed by atoms with van der Waals surface area (Å²) >= 11 is 0. The van der Waals surface area contributed by atoms with Crippen LogP contribution in [0, 0.1) is 6.20 Å². The van der Waals surface area contributed by atoms with Crippen molar-refractivity contribution in [3.8, 4) is 11.3 Å². The van der Waals surface area contributed by atoms with Crippen LogP contribution in [0.3, 0.4) is 0 Å². The second-order valence-corrected chi connectivity index (χ2v) is 3.13. The molecule has 3 aromatic rings. The second kappa shape index (κ2) is 2.84. The van der Waals surface area contributed by atoms with Crippen molar-refractivity contribution in [2.24, 2.45) is 0 Å². The molecule has 0 aliphatic carbocycles. The highest BCUT2D eigenvalue weighted by Gasteiger charge is 2.07. The maximum absolute atomic E-state index is 10.9. The number of nitrogens with one attached hydrogen (secondary N) is 2. The molecule has 3 rings (SSSR count). The largest absolute Gasteiger partial charge is 0.416 e. The van der Waals surface area contributed by atoms with Crippen molar-refractivity contribution in [3.05, 3.63) is 41.2 Å². The minimum Gasteiger partial charge on any atom is -0.416 e. The van der Waals surface area contributed by atoms with Gasteiger partial charge in [0.25, 0.3) is 0 Å². The molecular weight excluding hydrogens is 194 g/mol. The first-order valence-electron chi connectivity index (χ1n) is 4.37. The van der Waals surface area contributed by atoms with Crippen LogP contribution in [0.1, 0.15) is 0 Å². The normalized spacial score (nSPS) is 10.9. The Morgan fingerprint density at radius 3 is 3.13 bits per heavy atom. The maximum Gasteiger partial charge on any atom is 0.416 e. The molecule has 0 amide bonds. The maximum atomic E-state index is 10.9. The lowest BCUT2D eigenvalue weighted by Crippen LogP contribution is -1.94. The van der Waals surface area contributed by atoms with Crippen LogP contribution >= 0.6 is 0 Å². The first-order chi connectivity index (χ1) is 7.34. The Morgan fingerprint density at radius 1 is 1.40 bits per heavy atom. The zero-order chi connectivity index (χ0) is 10.3. The van der Waals surface area contributed by atoms with Gasteiger partial charge in [-0.15, -0.1) is 0 Å². The Bertz CT molecular complexity index is 662. The lowest BCUT2D eigenvalue weighted by Gasteiger charge is -1.96. The van der Waals surface area contributed by atoms with E-state index in [1.54, 1.807) is 0 Å². The van der Waals surface area contributed by atoms with Gasteiger partial charge in [-0.1, -0.05) is 12.1 Å². The molecule has 0 aliphatic rings. The molecular formula is C10H6N3O2. The molecule has 5 heteroatoms. The third kappa shape index (κ3) is 1.17. The van der Waals surface area contributed by atoms with Crippen molar-refractivity contribution in [1.29, 1.82) is 0 Å². The number of nitrogens with zero attached hydrogens (tertiary/aromatic N) is 1. The molecule has 0 spiro atoms. The number of benzene rings is 1. The van der Waals surface area contributed by atoms with Crippen LogP contribution in [0.5, 0.6) is 0 Å². The smallest absolute Gasteiger partial charge is 0.416 e. The van der Waals surface area contributed by atoms with Crippen molar-refractivity contribution < 1.29 is 4.42 Å². The average Bonchev–Trinajstić information content (AvgIpc) is 2.84. The van der Waals surface area contributed by atoms with E-state index in [1.165, 1.54) is 6.26 Å². The highest BCUT2D eigenvalue weighted by Crippen LogP contribution is 2.24. The van der Waals surface area contributed by atoms with Gasteiger partial charge in [-0.2, -0.15) is 5.10 Å². The van der Waals surface area contributed by atoms with E-state index in [-0.39, 0.29) is 0 Å². The SMILES string of the molecule is O=c1[nH]c(-c2cccc3[nH]n[c]c23)co1. The zero-order valence-electron chi connectivity index (χ0n) is 7.57. The number of fused-ring (bicyclic) bond motifs is 1. The van der Waals surface area contributed by atoms with Gasteiger partial charge in [-0.25, -0.2) is 4.79 Å². The molecule has 0 atom stereocenters.